The molecule has 0 saturated carbocycles. The minimum Gasteiger partial charge on any atom is -0.492 e. The van der Waals surface area contributed by atoms with Crippen LogP contribution >= 0.6 is 0 Å². The van der Waals surface area contributed by atoms with Crippen LogP contribution < -0.4 is 9.46 Å². The van der Waals surface area contributed by atoms with Gasteiger partial charge < -0.3 is 9.26 Å². The molecule has 1 aromatic heterocycles. The van der Waals surface area contributed by atoms with Gasteiger partial charge in [0.15, 0.2) is 5.76 Å². The number of nitrogens with zero attached hydrogens (tertiary/aromatic N) is 1. The Morgan fingerprint density at radius 3 is 2.56 bits per heavy atom. The number of aromatic nitrogens is 1. The highest BCUT2D eigenvalue weighted by molar-refractivity contribution is 7.92. The minimum absolute atomic E-state index is 0.211. The number of ether oxygens (including phenoxy) is 1. The molecular formula is C20H22N2O4S. The number of para-hydroxylation sites is 2. The quantitative estimate of drug-likeness (QED) is 0.650. The Labute approximate surface area is 159 Å². The monoisotopic (exact) mass is 386 g/mol. The van der Waals surface area contributed by atoms with Gasteiger partial charge in [-0.15, -0.1) is 0 Å². The largest absolute Gasteiger partial charge is 0.492 e. The second kappa shape index (κ2) is 7.84. The normalized spacial score (nSPS) is 11.4. The topological polar surface area (TPSA) is 81.4 Å². The third-order valence-electron chi connectivity index (χ3n) is 4.08. The van der Waals surface area contributed by atoms with Crippen LogP contribution in [0.4, 0.5) is 5.69 Å². The average molecular weight is 386 g/mol. The molecule has 0 unspecified atom stereocenters. The van der Waals surface area contributed by atoms with Gasteiger partial charge in [0, 0.05) is 11.6 Å². The smallest absolute Gasteiger partial charge is 0.262 e. The highest BCUT2D eigenvalue weighted by Crippen LogP contribution is 2.30. The third-order valence-corrected chi connectivity index (χ3v) is 5.53. The summed E-state index contributed by atoms with van der Waals surface area (Å²) >= 11 is 0. The first-order chi connectivity index (χ1) is 12.9. The highest BCUT2D eigenvalue weighted by atomic mass is 32.2. The predicted molar refractivity (Wildman–Crippen MR) is 104 cm³/mol. The van der Waals surface area contributed by atoms with E-state index in [2.05, 4.69) is 9.88 Å². The predicted octanol–water partition coefficient (Wildman–Crippen LogP) is 4.41. The summed E-state index contributed by atoms with van der Waals surface area (Å²) in [6.45, 7) is 6.03. The van der Waals surface area contributed by atoms with Crippen LogP contribution in [0, 0.1) is 6.92 Å². The molecule has 0 saturated heterocycles. The van der Waals surface area contributed by atoms with E-state index in [0.717, 1.165) is 11.3 Å². The molecule has 0 bridgehead atoms. The van der Waals surface area contributed by atoms with Gasteiger partial charge in [0.25, 0.3) is 10.0 Å². The summed E-state index contributed by atoms with van der Waals surface area (Å²) in [7, 11) is -3.81. The van der Waals surface area contributed by atoms with Gasteiger partial charge in [-0.1, -0.05) is 36.3 Å². The Balaban J connectivity index is 2.03. The molecule has 0 amide bonds. The molecule has 0 aliphatic carbocycles. The molecule has 0 aliphatic rings. The number of hydrogen-bond donors (Lipinski definition) is 1. The molecule has 1 heterocycles. The summed E-state index contributed by atoms with van der Waals surface area (Å²) in [6.07, 6.45) is 0.582. The van der Waals surface area contributed by atoms with E-state index in [-0.39, 0.29) is 4.90 Å². The Hall–Kier alpha value is -2.80. The molecule has 7 heteroatoms. The summed E-state index contributed by atoms with van der Waals surface area (Å²) in [4.78, 5) is 0.211. The van der Waals surface area contributed by atoms with Crippen LogP contribution in [-0.2, 0) is 16.4 Å². The summed E-state index contributed by atoms with van der Waals surface area (Å²) in [5.74, 6) is 1.02. The summed E-state index contributed by atoms with van der Waals surface area (Å²) in [5.41, 5.74) is 2.52. The van der Waals surface area contributed by atoms with Crippen LogP contribution in [0.1, 0.15) is 25.1 Å². The second-order valence-electron chi connectivity index (χ2n) is 6.04. The van der Waals surface area contributed by atoms with E-state index in [9.17, 15) is 8.42 Å². The standard InChI is InChI=1S/C20H22N2O4S/c1-4-15-10-11-16(19-12-14(3)21-26-19)13-20(15)27(23,24)22-17-8-6-7-9-18(17)25-5-2/h6-13,22H,4-5H2,1-3H3. The van der Waals surface area contributed by atoms with Crippen molar-refractivity contribution >= 4 is 15.7 Å². The first-order valence-electron chi connectivity index (χ1n) is 8.76. The zero-order chi connectivity index (χ0) is 19.4. The van der Waals surface area contributed by atoms with Crippen LogP contribution in [0.3, 0.4) is 0 Å². The van der Waals surface area contributed by atoms with E-state index < -0.39 is 10.0 Å². The second-order valence-corrected chi connectivity index (χ2v) is 7.69. The van der Waals surface area contributed by atoms with Crippen LogP contribution in [0.15, 0.2) is 57.9 Å². The lowest BCUT2D eigenvalue weighted by Gasteiger charge is -2.15. The van der Waals surface area contributed by atoms with E-state index in [1.54, 1.807) is 42.5 Å². The van der Waals surface area contributed by atoms with Gasteiger partial charge in [0.1, 0.15) is 5.75 Å². The van der Waals surface area contributed by atoms with E-state index >= 15 is 0 Å². The number of rotatable bonds is 7. The van der Waals surface area contributed by atoms with Crippen molar-refractivity contribution in [1.29, 1.82) is 0 Å². The van der Waals surface area contributed by atoms with E-state index in [4.69, 9.17) is 9.26 Å². The fourth-order valence-electron chi connectivity index (χ4n) is 2.78. The SMILES string of the molecule is CCOc1ccccc1NS(=O)(=O)c1cc(-c2cc(C)no2)ccc1CC. The first-order valence-corrected chi connectivity index (χ1v) is 10.2. The maximum atomic E-state index is 13.1. The molecule has 0 fully saturated rings. The molecule has 2 aromatic carbocycles. The molecule has 3 aromatic rings. The van der Waals surface area contributed by atoms with Gasteiger partial charge in [-0.3, -0.25) is 4.72 Å². The van der Waals surface area contributed by atoms with Crippen LogP contribution in [0.25, 0.3) is 11.3 Å². The lowest BCUT2D eigenvalue weighted by Crippen LogP contribution is -2.16. The van der Waals surface area contributed by atoms with Crippen molar-refractivity contribution in [2.24, 2.45) is 0 Å². The summed E-state index contributed by atoms with van der Waals surface area (Å²) < 4.78 is 39.7. The van der Waals surface area contributed by atoms with Crippen molar-refractivity contribution < 1.29 is 17.7 Å². The molecule has 0 spiro atoms. The van der Waals surface area contributed by atoms with Crippen molar-refractivity contribution in [2.45, 2.75) is 32.1 Å². The number of sulfonamides is 1. The maximum Gasteiger partial charge on any atom is 0.262 e. The zero-order valence-corrected chi connectivity index (χ0v) is 16.3. The van der Waals surface area contributed by atoms with Crippen LogP contribution in [0.2, 0.25) is 0 Å². The molecule has 6 nitrogen and oxygen atoms in total. The highest BCUT2D eigenvalue weighted by Gasteiger charge is 2.21. The van der Waals surface area contributed by atoms with Gasteiger partial charge in [0.2, 0.25) is 0 Å². The van der Waals surface area contributed by atoms with Crippen molar-refractivity contribution in [2.75, 3.05) is 11.3 Å². The summed E-state index contributed by atoms with van der Waals surface area (Å²) in [6, 6.07) is 14.0. The van der Waals surface area contributed by atoms with Crippen LogP contribution in [0.5, 0.6) is 5.75 Å². The molecule has 3 rings (SSSR count). The maximum absolute atomic E-state index is 13.1. The number of benzene rings is 2. The molecule has 1 N–H and O–H groups in total. The molecule has 27 heavy (non-hydrogen) atoms. The molecule has 0 atom stereocenters. The fraction of sp³-hybridized carbons (Fsp3) is 0.250. The molecule has 0 aliphatic heterocycles. The van der Waals surface area contributed by atoms with Gasteiger partial charge >= 0.3 is 0 Å². The Morgan fingerprint density at radius 2 is 1.89 bits per heavy atom. The number of aryl methyl sites for hydroxylation is 2. The molecule has 142 valence electrons. The van der Waals surface area contributed by atoms with Crippen molar-refractivity contribution in [3.63, 3.8) is 0 Å². The van der Waals surface area contributed by atoms with Gasteiger partial charge in [-0.2, -0.15) is 0 Å². The zero-order valence-electron chi connectivity index (χ0n) is 15.5. The van der Waals surface area contributed by atoms with Crippen molar-refractivity contribution in [3.8, 4) is 17.1 Å². The number of nitrogens with one attached hydrogen (secondary N) is 1. The third kappa shape index (κ3) is 4.14. The van der Waals surface area contributed by atoms with E-state index in [1.807, 2.05) is 26.8 Å². The first kappa shape index (κ1) is 19.0. The average Bonchev–Trinajstić information content (AvgIpc) is 3.09. The molecular weight excluding hydrogens is 364 g/mol. The van der Waals surface area contributed by atoms with E-state index in [0.29, 0.717) is 35.8 Å². The fourth-order valence-corrected chi connectivity index (χ4v) is 4.19. The van der Waals surface area contributed by atoms with Crippen LogP contribution in [-0.4, -0.2) is 20.2 Å². The van der Waals surface area contributed by atoms with Crippen molar-refractivity contribution in [3.05, 3.63) is 59.8 Å². The minimum atomic E-state index is -3.81. The summed E-state index contributed by atoms with van der Waals surface area (Å²) in [5, 5.41) is 3.87. The lowest BCUT2D eigenvalue weighted by atomic mass is 10.1. The molecule has 0 radical (unpaired) electrons. The number of hydrogen-bond acceptors (Lipinski definition) is 5. The van der Waals surface area contributed by atoms with Gasteiger partial charge in [-0.05, 0) is 44.0 Å². The lowest BCUT2D eigenvalue weighted by molar-refractivity contribution is 0.342. The van der Waals surface area contributed by atoms with Gasteiger partial charge in [-0.25, -0.2) is 8.42 Å². The Bertz CT molecular complexity index is 1040. The van der Waals surface area contributed by atoms with E-state index in [1.165, 1.54) is 0 Å². The Kier molecular flexibility index (Phi) is 5.51. The van der Waals surface area contributed by atoms with Crippen molar-refractivity contribution in [1.82, 2.24) is 5.16 Å². The van der Waals surface area contributed by atoms with Gasteiger partial charge in [0.05, 0.1) is 22.9 Å². The number of anilines is 1. The Morgan fingerprint density at radius 1 is 1.11 bits per heavy atom.